The maximum atomic E-state index is 12.4. The molecule has 2 amide bonds. The first-order chi connectivity index (χ1) is 11.1. The molecule has 1 N–H and O–H groups in total. The highest BCUT2D eigenvalue weighted by Crippen LogP contribution is 2.23. The Morgan fingerprint density at radius 2 is 1.96 bits per heavy atom. The van der Waals surface area contributed by atoms with Gasteiger partial charge in [-0.25, -0.2) is 4.79 Å². The Kier molecular flexibility index (Phi) is 5.20. The van der Waals surface area contributed by atoms with Crippen LogP contribution in [0.15, 0.2) is 10.6 Å². The standard InChI is InChI=1S/C17H28N4O2/c1-13-3-5-15(6-4-13)18-17(22)21-9-7-20(8-10-21)12-16-11-14(2)23-19-16/h11,13,15H,3-10,12H2,1-2H3,(H,18,22). The second-order valence-corrected chi connectivity index (χ2v) is 7.10. The summed E-state index contributed by atoms with van der Waals surface area (Å²) in [4.78, 5) is 16.7. The zero-order chi connectivity index (χ0) is 16.2. The first-order valence-corrected chi connectivity index (χ1v) is 8.80. The van der Waals surface area contributed by atoms with E-state index < -0.39 is 0 Å². The lowest BCUT2D eigenvalue weighted by Crippen LogP contribution is -2.53. The number of piperazine rings is 1. The summed E-state index contributed by atoms with van der Waals surface area (Å²) in [6, 6.07) is 2.46. The Balaban J connectivity index is 1.40. The number of amides is 2. The molecule has 1 aromatic rings. The van der Waals surface area contributed by atoms with Gasteiger partial charge in [0.1, 0.15) is 5.76 Å². The minimum absolute atomic E-state index is 0.112. The van der Waals surface area contributed by atoms with Crippen molar-refractivity contribution < 1.29 is 9.32 Å². The van der Waals surface area contributed by atoms with E-state index in [1.165, 1.54) is 12.8 Å². The van der Waals surface area contributed by atoms with Crippen LogP contribution in [0, 0.1) is 12.8 Å². The molecule has 6 nitrogen and oxygen atoms in total. The molecular formula is C17H28N4O2. The van der Waals surface area contributed by atoms with E-state index in [1.54, 1.807) is 0 Å². The van der Waals surface area contributed by atoms with Gasteiger partial charge < -0.3 is 14.7 Å². The molecule has 6 heteroatoms. The van der Waals surface area contributed by atoms with Crippen LogP contribution in [0.2, 0.25) is 0 Å². The molecule has 1 saturated carbocycles. The average molecular weight is 320 g/mol. The molecule has 0 radical (unpaired) electrons. The van der Waals surface area contributed by atoms with Gasteiger partial charge in [-0.3, -0.25) is 4.90 Å². The molecule has 0 spiro atoms. The van der Waals surface area contributed by atoms with Crippen molar-refractivity contribution in [3.05, 3.63) is 17.5 Å². The van der Waals surface area contributed by atoms with Gasteiger partial charge in [0.2, 0.25) is 0 Å². The number of carbonyl (C=O) groups excluding carboxylic acids is 1. The van der Waals surface area contributed by atoms with Crippen molar-refractivity contribution in [2.24, 2.45) is 5.92 Å². The van der Waals surface area contributed by atoms with Crippen LogP contribution in [-0.2, 0) is 6.54 Å². The van der Waals surface area contributed by atoms with Crippen LogP contribution in [0.4, 0.5) is 4.79 Å². The fraction of sp³-hybridized carbons (Fsp3) is 0.765. The normalized spacial score (nSPS) is 26.3. The van der Waals surface area contributed by atoms with E-state index in [0.717, 1.165) is 62.9 Å². The summed E-state index contributed by atoms with van der Waals surface area (Å²) in [5, 5.41) is 7.26. The topological polar surface area (TPSA) is 61.6 Å². The van der Waals surface area contributed by atoms with Crippen LogP contribution in [0.5, 0.6) is 0 Å². The molecule has 1 aromatic heterocycles. The molecule has 2 heterocycles. The SMILES string of the molecule is Cc1cc(CN2CCN(C(=O)NC3CCC(C)CC3)CC2)no1. The minimum Gasteiger partial charge on any atom is -0.361 e. The van der Waals surface area contributed by atoms with Crippen LogP contribution in [0.1, 0.15) is 44.1 Å². The molecule has 1 aliphatic carbocycles. The van der Waals surface area contributed by atoms with Crippen LogP contribution < -0.4 is 5.32 Å². The highest BCUT2D eigenvalue weighted by Gasteiger charge is 2.25. The number of hydrogen-bond acceptors (Lipinski definition) is 4. The van der Waals surface area contributed by atoms with E-state index in [-0.39, 0.29) is 6.03 Å². The molecule has 2 aliphatic rings. The molecule has 0 aromatic carbocycles. The van der Waals surface area contributed by atoms with Gasteiger partial charge >= 0.3 is 6.03 Å². The monoisotopic (exact) mass is 320 g/mol. The summed E-state index contributed by atoms with van der Waals surface area (Å²) in [7, 11) is 0. The van der Waals surface area contributed by atoms with Crippen molar-refractivity contribution >= 4 is 6.03 Å². The predicted octanol–water partition coefficient (Wildman–Crippen LogP) is 2.39. The van der Waals surface area contributed by atoms with Crippen molar-refractivity contribution in [1.29, 1.82) is 0 Å². The van der Waals surface area contributed by atoms with E-state index in [0.29, 0.717) is 6.04 Å². The van der Waals surface area contributed by atoms with Crippen molar-refractivity contribution in [2.45, 2.75) is 52.1 Å². The smallest absolute Gasteiger partial charge is 0.317 e. The van der Waals surface area contributed by atoms with Crippen molar-refractivity contribution in [1.82, 2.24) is 20.3 Å². The molecule has 1 aliphatic heterocycles. The van der Waals surface area contributed by atoms with Gasteiger partial charge in [-0.2, -0.15) is 0 Å². The third-order valence-electron chi connectivity index (χ3n) is 5.07. The van der Waals surface area contributed by atoms with Crippen LogP contribution >= 0.6 is 0 Å². The fourth-order valence-corrected chi connectivity index (χ4v) is 3.50. The van der Waals surface area contributed by atoms with Gasteiger partial charge in [0, 0.05) is 44.8 Å². The van der Waals surface area contributed by atoms with Gasteiger partial charge in [0.15, 0.2) is 0 Å². The average Bonchev–Trinajstić information content (AvgIpc) is 2.95. The third kappa shape index (κ3) is 4.47. The Labute approximate surface area is 138 Å². The number of nitrogens with zero attached hydrogens (tertiary/aromatic N) is 3. The molecule has 0 unspecified atom stereocenters. The summed E-state index contributed by atoms with van der Waals surface area (Å²) in [6.45, 7) is 8.35. The maximum Gasteiger partial charge on any atom is 0.317 e. The molecule has 128 valence electrons. The van der Waals surface area contributed by atoms with Gasteiger partial charge in [0.05, 0.1) is 5.69 Å². The molecule has 3 rings (SSSR count). The summed E-state index contributed by atoms with van der Waals surface area (Å²) < 4.78 is 5.11. The lowest BCUT2D eigenvalue weighted by Gasteiger charge is -2.36. The molecule has 0 atom stereocenters. The Morgan fingerprint density at radius 3 is 2.57 bits per heavy atom. The fourth-order valence-electron chi connectivity index (χ4n) is 3.50. The Morgan fingerprint density at radius 1 is 1.26 bits per heavy atom. The van der Waals surface area contributed by atoms with Crippen molar-refractivity contribution in [3.63, 3.8) is 0 Å². The maximum absolute atomic E-state index is 12.4. The van der Waals surface area contributed by atoms with E-state index in [2.05, 4.69) is 22.3 Å². The Bertz CT molecular complexity index is 514. The summed E-state index contributed by atoms with van der Waals surface area (Å²) >= 11 is 0. The first kappa shape index (κ1) is 16.3. The number of carbonyl (C=O) groups is 1. The number of aromatic nitrogens is 1. The molecule has 23 heavy (non-hydrogen) atoms. The molecule has 2 fully saturated rings. The van der Waals surface area contributed by atoms with Gasteiger partial charge in [0.25, 0.3) is 0 Å². The van der Waals surface area contributed by atoms with Gasteiger partial charge in [-0.05, 0) is 38.5 Å². The first-order valence-electron chi connectivity index (χ1n) is 8.80. The summed E-state index contributed by atoms with van der Waals surface area (Å²) in [5.74, 6) is 1.66. The lowest BCUT2D eigenvalue weighted by molar-refractivity contribution is 0.129. The zero-order valence-corrected chi connectivity index (χ0v) is 14.3. The lowest BCUT2D eigenvalue weighted by atomic mass is 9.87. The van der Waals surface area contributed by atoms with Crippen molar-refractivity contribution in [3.8, 4) is 0 Å². The second kappa shape index (κ2) is 7.34. The van der Waals surface area contributed by atoms with Crippen LogP contribution in [0.3, 0.4) is 0 Å². The van der Waals surface area contributed by atoms with E-state index in [9.17, 15) is 4.79 Å². The quantitative estimate of drug-likeness (QED) is 0.929. The number of nitrogens with one attached hydrogen (secondary N) is 1. The third-order valence-corrected chi connectivity index (χ3v) is 5.07. The molecule has 1 saturated heterocycles. The largest absolute Gasteiger partial charge is 0.361 e. The number of rotatable bonds is 3. The predicted molar refractivity (Wildman–Crippen MR) is 88.0 cm³/mol. The summed E-state index contributed by atoms with van der Waals surface area (Å²) in [5.41, 5.74) is 0.969. The van der Waals surface area contributed by atoms with Gasteiger partial charge in [-0.1, -0.05) is 12.1 Å². The van der Waals surface area contributed by atoms with E-state index in [1.807, 2.05) is 17.9 Å². The molecule has 0 bridgehead atoms. The number of hydrogen-bond donors (Lipinski definition) is 1. The number of aryl methyl sites for hydroxylation is 1. The number of urea groups is 1. The second-order valence-electron chi connectivity index (χ2n) is 7.10. The minimum atomic E-state index is 0.112. The van der Waals surface area contributed by atoms with Crippen LogP contribution in [0.25, 0.3) is 0 Å². The van der Waals surface area contributed by atoms with E-state index in [4.69, 9.17) is 4.52 Å². The highest BCUT2D eigenvalue weighted by atomic mass is 16.5. The van der Waals surface area contributed by atoms with Gasteiger partial charge in [-0.15, -0.1) is 0 Å². The zero-order valence-electron chi connectivity index (χ0n) is 14.3. The Hall–Kier alpha value is -1.56. The summed E-state index contributed by atoms with van der Waals surface area (Å²) in [6.07, 6.45) is 4.71. The molecular weight excluding hydrogens is 292 g/mol. The van der Waals surface area contributed by atoms with Crippen molar-refractivity contribution in [2.75, 3.05) is 26.2 Å². The van der Waals surface area contributed by atoms with E-state index >= 15 is 0 Å². The highest BCUT2D eigenvalue weighted by molar-refractivity contribution is 5.74. The van der Waals surface area contributed by atoms with Crippen LogP contribution in [-0.4, -0.2) is 53.2 Å².